The highest BCUT2D eigenvalue weighted by Gasteiger charge is 2.31. The summed E-state index contributed by atoms with van der Waals surface area (Å²) in [5, 5.41) is 22.6. The molecule has 0 heterocycles. The molecular formula is C14H16N2O6. The number of nitro groups is 1. The summed E-state index contributed by atoms with van der Waals surface area (Å²) in [5.41, 5.74) is -0.142. The Balaban J connectivity index is 2.09. The average molecular weight is 308 g/mol. The lowest BCUT2D eigenvalue weighted by atomic mass is 10.1. The van der Waals surface area contributed by atoms with Gasteiger partial charge in [0.25, 0.3) is 5.91 Å². The molecule has 8 heteroatoms. The predicted molar refractivity (Wildman–Crippen MR) is 75.9 cm³/mol. The van der Waals surface area contributed by atoms with E-state index in [0.717, 1.165) is 6.07 Å². The van der Waals surface area contributed by atoms with Gasteiger partial charge in [-0.25, -0.2) is 0 Å². The zero-order valence-corrected chi connectivity index (χ0v) is 11.9. The lowest BCUT2D eigenvalue weighted by Gasteiger charge is -2.12. The van der Waals surface area contributed by atoms with Crippen LogP contribution in [0.1, 0.15) is 29.6 Å². The van der Waals surface area contributed by atoms with Crippen molar-refractivity contribution in [3.8, 4) is 5.75 Å². The zero-order valence-electron chi connectivity index (χ0n) is 11.9. The number of hydrogen-bond donors (Lipinski definition) is 2. The number of nitrogens with zero attached hydrogens (tertiary/aromatic N) is 1. The third-order valence-electron chi connectivity index (χ3n) is 3.75. The van der Waals surface area contributed by atoms with Crippen molar-refractivity contribution in [2.75, 3.05) is 7.11 Å². The fraction of sp³-hybridized carbons (Fsp3) is 0.429. The first-order valence-corrected chi connectivity index (χ1v) is 6.78. The minimum absolute atomic E-state index is 0.0772. The van der Waals surface area contributed by atoms with Crippen LogP contribution in [0.25, 0.3) is 0 Å². The molecule has 22 heavy (non-hydrogen) atoms. The van der Waals surface area contributed by atoms with Crippen LogP contribution in [0.2, 0.25) is 0 Å². The van der Waals surface area contributed by atoms with E-state index < -0.39 is 22.7 Å². The van der Waals surface area contributed by atoms with Gasteiger partial charge in [0.2, 0.25) is 0 Å². The van der Waals surface area contributed by atoms with Crippen molar-refractivity contribution in [1.82, 2.24) is 5.32 Å². The van der Waals surface area contributed by atoms with E-state index in [1.165, 1.54) is 19.2 Å². The van der Waals surface area contributed by atoms with Gasteiger partial charge in [-0.3, -0.25) is 19.7 Å². The molecule has 0 bridgehead atoms. The molecule has 1 fully saturated rings. The average Bonchev–Trinajstić information content (AvgIpc) is 2.95. The van der Waals surface area contributed by atoms with Crippen LogP contribution in [-0.2, 0) is 4.79 Å². The number of carbonyl (C=O) groups excluding carboxylic acids is 1. The Morgan fingerprint density at radius 3 is 2.68 bits per heavy atom. The molecule has 1 amide bonds. The van der Waals surface area contributed by atoms with Gasteiger partial charge in [0.1, 0.15) is 0 Å². The fourth-order valence-corrected chi connectivity index (χ4v) is 2.58. The van der Waals surface area contributed by atoms with Crippen molar-refractivity contribution < 1.29 is 24.4 Å². The summed E-state index contributed by atoms with van der Waals surface area (Å²) < 4.78 is 4.88. The number of carboxylic acids is 1. The Morgan fingerprint density at radius 1 is 1.41 bits per heavy atom. The van der Waals surface area contributed by atoms with Gasteiger partial charge in [-0.1, -0.05) is 0 Å². The summed E-state index contributed by atoms with van der Waals surface area (Å²) in [5.74, 6) is -1.69. The van der Waals surface area contributed by atoms with E-state index in [2.05, 4.69) is 5.32 Å². The van der Waals surface area contributed by atoms with E-state index in [0.29, 0.717) is 19.3 Å². The minimum Gasteiger partial charge on any atom is -0.490 e. The Kier molecular flexibility index (Phi) is 4.59. The number of rotatable bonds is 5. The van der Waals surface area contributed by atoms with Crippen molar-refractivity contribution in [3.63, 3.8) is 0 Å². The van der Waals surface area contributed by atoms with Crippen LogP contribution in [0.5, 0.6) is 5.75 Å². The number of amides is 1. The molecule has 2 atom stereocenters. The number of carbonyl (C=O) groups is 2. The zero-order chi connectivity index (χ0) is 16.3. The van der Waals surface area contributed by atoms with E-state index in [1.54, 1.807) is 0 Å². The second-order valence-electron chi connectivity index (χ2n) is 5.16. The van der Waals surface area contributed by atoms with Crippen LogP contribution < -0.4 is 10.1 Å². The van der Waals surface area contributed by atoms with Gasteiger partial charge in [-0.2, -0.15) is 0 Å². The third kappa shape index (κ3) is 3.33. The molecule has 0 saturated heterocycles. The lowest BCUT2D eigenvalue weighted by Crippen LogP contribution is -2.33. The quantitative estimate of drug-likeness (QED) is 0.629. The topological polar surface area (TPSA) is 119 Å². The molecule has 1 aliphatic carbocycles. The van der Waals surface area contributed by atoms with Crippen molar-refractivity contribution in [1.29, 1.82) is 0 Å². The van der Waals surface area contributed by atoms with E-state index in [-0.39, 0.29) is 23.0 Å². The molecule has 0 aliphatic heterocycles. The molecule has 0 radical (unpaired) electrons. The summed E-state index contributed by atoms with van der Waals surface area (Å²) in [6.07, 6.45) is 1.48. The number of benzene rings is 1. The highest BCUT2D eigenvalue weighted by atomic mass is 16.6. The second kappa shape index (κ2) is 6.42. The van der Waals surface area contributed by atoms with Crippen LogP contribution in [-0.4, -0.2) is 35.1 Å². The fourth-order valence-electron chi connectivity index (χ4n) is 2.58. The molecule has 8 nitrogen and oxygen atoms in total. The van der Waals surface area contributed by atoms with E-state index >= 15 is 0 Å². The maximum atomic E-state index is 12.1. The highest BCUT2D eigenvalue weighted by Crippen LogP contribution is 2.29. The van der Waals surface area contributed by atoms with Crippen LogP contribution in [0.4, 0.5) is 5.69 Å². The van der Waals surface area contributed by atoms with Crippen LogP contribution >= 0.6 is 0 Å². The molecule has 0 unspecified atom stereocenters. The van der Waals surface area contributed by atoms with Crippen LogP contribution in [0, 0.1) is 16.0 Å². The number of ether oxygens (including phenoxy) is 1. The molecule has 0 spiro atoms. The molecular weight excluding hydrogens is 292 g/mol. The van der Waals surface area contributed by atoms with Crippen LogP contribution in [0.15, 0.2) is 18.2 Å². The number of carboxylic acid groups (broad SMARTS) is 1. The predicted octanol–water partition coefficient (Wildman–Crippen LogP) is 1.59. The number of nitro benzene ring substituents is 1. The van der Waals surface area contributed by atoms with Gasteiger partial charge in [0.05, 0.1) is 18.0 Å². The number of aliphatic carboxylic acids is 1. The van der Waals surface area contributed by atoms with E-state index in [1.807, 2.05) is 0 Å². The first-order valence-electron chi connectivity index (χ1n) is 6.78. The van der Waals surface area contributed by atoms with Crippen molar-refractivity contribution in [2.24, 2.45) is 5.92 Å². The summed E-state index contributed by atoms with van der Waals surface area (Å²) in [6, 6.07) is 3.72. The molecule has 2 N–H and O–H groups in total. The number of methoxy groups -OCH3 is 1. The molecule has 1 aromatic carbocycles. The second-order valence-corrected chi connectivity index (χ2v) is 5.16. The first kappa shape index (κ1) is 15.7. The third-order valence-corrected chi connectivity index (χ3v) is 3.75. The van der Waals surface area contributed by atoms with Gasteiger partial charge < -0.3 is 15.2 Å². The SMILES string of the molecule is COc1ccc(C(=O)N[C@H]2CC[C@@H](C(=O)O)C2)cc1[N+](=O)[O-]. The van der Waals surface area contributed by atoms with Gasteiger partial charge in [-0.05, 0) is 31.4 Å². The first-order chi connectivity index (χ1) is 10.4. The van der Waals surface area contributed by atoms with Gasteiger partial charge >= 0.3 is 11.7 Å². The minimum atomic E-state index is -0.864. The molecule has 1 aliphatic rings. The maximum Gasteiger partial charge on any atom is 0.311 e. The Bertz CT molecular complexity index is 615. The Hall–Kier alpha value is -2.64. The van der Waals surface area contributed by atoms with Gasteiger partial charge in [-0.15, -0.1) is 0 Å². The Morgan fingerprint density at radius 2 is 2.14 bits per heavy atom. The number of nitrogens with one attached hydrogen (secondary N) is 1. The van der Waals surface area contributed by atoms with Gasteiger partial charge in [0.15, 0.2) is 5.75 Å². The molecule has 2 rings (SSSR count). The van der Waals surface area contributed by atoms with E-state index in [9.17, 15) is 19.7 Å². The molecule has 0 aromatic heterocycles. The summed E-state index contributed by atoms with van der Waals surface area (Å²) in [4.78, 5) is 33.3. The standard InChI is InChI=1S/C14H16N2O6/c1-22-12-5-3-8(7-11(12)16(20)21)13(17)15-10-4-2-9(6-10)14(18)19/h3,5,7,9-10H,2,4,6H2,1H3,(H,15,17)(H,18,19)/t9-,10+/m1/s1. The summed E-state index contributed by atoms with van der Waals surface area (Å²) >= 11 is 0. The van der Waals surface area contributed by atoms with E-state index in [4.69, 9.17) is 9.84 Å². The monoisotopic (exact) mass is 308 g/mol. The van der Waals surface area contributed by atoms with Crippen molar-refractivity contribution in [2.45, 2.75) is 25.3 Å². The molecule has 118 valence electrons. The molecule has 1 aromatic rings. The number of hydrogen-bond acceptors (Lipinski definition) is 5. The van der Waals surface area contributed by atoms with Crippen molar-refractivity contribution in [3.05, 3.63) is 33.9 Å². The maximum absolute atomic E-state index is 12.1. The van der Waals surface area contributed by atoms with Crippen molar-refractivity contribution >= 4 is 17.6 Å². The smallest absolute Gasteiger partial charge is 0.311 e. The largest absolute Gasteiger partial charge is 0.490 e. The van der Waals surface area contributed by atoms with Gasteiger partial charge in [0, 0.05) is 17.7 Å². The summed E-state index contributed by atoms with van der Waals surface area (Å²) in [7, 11) is 1.31. The molecule has 1 saturated carbocycles. The highest BCUT2D eigenvalue weighted by molar-refractivity contribution is 5.95. The van der Waals surface area contributed by atoms with Crippen LogP contribution in [0.3, 0.4) is 0 Å². The summed E-state index contributed by atoms with van der Waals surface area (Å²) in [6.45, 7) is 0. The Labute approximate surface area is 126 Å². The lowest BCUT2D eigenvalue weighted by molar-refractivity contribution is -0.385. The normalized spacial score (nSPS) is 20.4.